The highest BCUT2D eigenvalue weighted by molar-refractivity contribution is 5.69. The van der Waals surface area contributed by atoms with Gasteiger partial charge in [-0.3, -0.25) is 15.1 Å². The van der Waals surface area contributed by atoms with Crippen LogP contribution in [0.15, 0.2) is 24.5 Å². The first kappa shape index (κ1) is 10.9. The molecular formula is C10H9N5O2. The van der Waals surface area contributed by atoms with E-state index in [0.29, 0.717) is 5.56 Å². The van der Waals surface area contributed by atoms with Crippen LogP contribution in [-0.2, 0) is 0 Å². The molecule has 0 radical (unpaired) electrons. The van der Waals surface area contributed by atoms with Gasteiger partial charge < -0.3 is 5.73 Å². The third-order valence-corrected chi connectivity index (χ3v) is 2.15. The number of pyridine rings is 1. The predicted molar refractivity (Wildman–Crippen MR) is 61.1 cm³/mol. The molecule has 0 spiro atoms. The normalized spacial score (nSPS) is 10.2. The summed E-state index contributed by atoms with van der Waals surface area (Å²) in [5.74, 6) is 0.0000605. The van der Waals surface area contributed by atoms with Crippen LogP contribution in [0.1, 0.15) is 5.69 Å². The molecule has 2 aromatic rings. The van der Waals surface area contributed by atoms with Gasteiger partial charge in [-0.05, 0) is 19.1 Å². The van der Waals surface area contributed by atoms with Crippen LogP contribution in [0.25, 0.3) is 11.3 Å². The first-order valence-corrected chi connectivity index (χ1v) is 4.78. The highest BCUT2D eigenvalue weighted by atomic mass is 16.6. The van der Waals surface area contributed by atoms with Crippen LogP contribution in [0, 0.1) is 17.0 Å². The van der Waals surface area contributed by atoms with Gasteiger partial charge in [-0.25, -0.2) is 9.97 Å². The molecule has 0 aliphatic rings. The number of nitrogens with two attached hydrogens (primary N) is 1. The molecule has 2 N–H and O–H groups in total. The van der Waals surface area contributed by atoms with E-state index in [4.69, 9.17) is 5.73 Å². The molecule has 0 amide bonds. The molecule has 0 aromatic carbocycles. The fourth-order valence-corrected chi connectivity index (χ4v) is 1.43. The molecule has 0 saturated carbocycles. The number of aromatic nitrogens is 3. The van der Waals surface area contributed by atoms with E-state index in [1.54, 1.807) is 25.3 Å². The van der Waals surface area contributed by atoms with Crippen molar-refractivity contribution in [2.75, 3.05) is 5.73 Å². The number of anilines is 1. The van der Waals surface area contributed by atoms with Crippen molar-refractivity contribution in [2.45, 2.75) is 6.92 Å². The predicted octanol–water partition coefficient (Wildman–Crippen LogP) is 1.34. The monoisotopic (exact) mass is 231 g/mol. The van der Waals surface area contributed by atoms with E-state index >= 15 is 0 Å². The van der Waals surface area contributed by atoms with Crippen molar-refractivity contribution in [3.63, 3.8) is 0 Å². The van der Waals surface area contributed by atoms with E-state index in [9.17, 15) is 10.1 Å². The zero-order chi connectivity index (χ0) is 12.4. The van der Waals surface area contributed by atoms with Crippen LogP contribution in [0.5, 0.6) is 0 Å². The van der Waals surface area contributed by atoms with E-state index in [1.165, 1.54) is 0 Å². The molecule has 0 unspecified atom stereocenters. The molecule has 2 heterocycles. The Kier molecular flexibility index (Phi) is 2.65. The van der Waals surface area contributed by atoms with E-state index in [0.717, 1.165) is 11.9 Å². The molecule has 7 heteroatoms. The molecule has 2 rings (SSSR count). The number of aryl methyl sites for hydroxylation is 1. The minimum atomic E-state index is -0.537. The fraction of sp³-hybridized carbons (Fsp3) is 0.100. The lowest BCUT2D eigenvalue weighted by Crippen LogP contribution is -2.01. The van der Waals surface area contributed by atoms with Gasteiger partial charge in [0.15, 0.2) is 5.69 Å². The van der Waals surface area contributed by atoms with Gasteiger partial charge in [-0.1, -0.05) is 0 Å². The smallest absolute Gasteiger partial charge is 0.313 e. The quantitative estimate of drug-likeness (QED) is 0.617. The fourth-order valence-electron chi connectivity index (χ4n) is 1.43. The number of nitrogens with zero attached hydrogens (tertiary/aromatic N) is 4. The summed E-state index contributed by atoms with van der Waals surface area (Å²) >= 11 is 0. The van der Waals surface area contributed by atoms with Crippen molar-refractivity contribution < 1.29 is 4.92 Å². The van der Waals surface area contributed by atoms with Crippen molar-refractivity contribution in [2.24, 2.45) is 0 Å². The second-order valence-electron chi connectivity index (χ2n) is 3.41. The zero-order valence-corrected chi connectivity index (χ0v) is 8.99. The highest BCUT2D eigenvalue weighted by Gasteiger charge is 2.18. The minimum Gasteiger partial charge on any atom is -0.368 e. The number of rotatable bonds is 2. The number of hydrogen-bond donors (Lipinski definition) is 1. The molecule has 0 fully saturated rings. The van der Waals surface area contributed by atoms with Crippen molar-refractivity contribution in [3.8, 4) is 11.3 Å². The topological polar surface area (TPSA) is 108 Å². The second kappa shape index (κ2) is 4.12. The molecule has 0 atom stereocenters. The van der Waals surface area contributed by atoms with Crippen molar-refractivity contribution >= 4 is 11.6 Å². The standard InChI is InChI=1S/C10H9N5O2/c1-6-4-7(2-3-12-6)9-8(15(16)17)5-13-10(11)14-9/h2-5H,1H3,(H2,11,13,14). The van der Waals surface area contributed by atoms with Gasteiger partial charge in [0.25, 0.3) is 0 Å². The molecular weight excluding hydrogens is 222 g/mol. The van der Waals surface area contributed by atoms with Crippen LogP contribution in [0.2, 0.25) is 0 Å². The van der Waals surface area contributed by atoms with Crippen LogP contribution in [0.4, 0.5) is 11.6 Å². The van der Waals surface area contributed by atoms with Gasteiger partial charge in [-0.15, -0.1) is 0 Å². The van der Waals surface area contributed by atoms with E-state index in [-0.39, 0.29) is 17.3 Å². The lowest BCUT2D eigenvalue weighted by atomic mass is 10.1. The second-order valence-corrected chi connectivity index (χ2v) is 3.41. The molecule has 0 bridgehead atoms. The number of nitro groups is 1. The first-order valence-electron chi connectivity index (χ1n) is 4.78. The third kappa shape index (κ3) is 2.17. The highest BCUT2D eigenvalue weighted by Crippen LogP contribution is 2.27. The maximum atomic E-state index is 10.9. The van der Waals surface area contributed by atoms with Gasteiger partial charge >= 0.3 is 5.69 Å². The average Bonchev–Trinajstić information content (AvgIpc) is 2.28. The molecule has 0 saturated heterocycles. The van der Waals surface area contributed by atoms with E-state index in [1.807, 2.05) is 0 Å². The summed E-state index contributed by atoms with van der Waals surface area (Å²) in [4.78, 5) is 21.9. The number of hydrogen-bond acceptors (Lipinski definition) is 6. The third-order valence-electron chi connectivity index (χ3n) is 2.15. The van der Waals surface area contributed by atoms with Crippen LogP contribution < -0.4 is 5.73 Å². The Morgan fingerprint density at radius 3 is 2.82 bits per heavy atom. The van der Waals surface area contributed by atoms with Crippen LogP contribution in [0.3, 0.4) is 0 Å². The van der Waals surface area contributed by atoms with Crippen molar-refractivity contribution in [1.29, 1.82) is 0 Å². The van der Waals surface area contributed by atoms with E-state index in [2.05, 4.69) is 15.0 Å². The SMILES string of the molecule is Cc1cc(-c2nc(N)ncc2[N+](=O)[O-])ccn1. The molecule has 0 aliphatic carbocycles. The largest absolute Gasteiger partial charge is 0.368 e. The molecule has 17 heavy (non-hydrogen) atoms. The van der Waals surface area contributed by atoms with E-state index < -0.39 is 4.92 Å². The van der Waals surface area contributed by atoms with Gasteiger partial charge in [0.05, 0.1) is 4.92 Å². The zero-order valence-electron chi connectivity index (χ0n) is 8.99. The lowest BCUT2D eigenvalue weighted by Gasteiger charge is -2.03. The molecule has 2 aromatic heterocycles. The average molecular weight is 231 g/mol. The molecule has 86 valence electrons. The summed E-state index contributed by atoms with van der Waals surface area (Å²) < 4.78 is 0. The Balaban J connectivity index is 2.65. The van der Waals surface area contributed by atoms with Crippen LogP contribution in [-0.4, -0.2) is 19.9 Å². The summed E-state index contributed by atoms with van der Waals surface area (Å²) in [5.41, 5.74) is 6.81. The summed E-state index contributed by atoms with van der Waals surface area (Å²) in [7, 11) is 0. The summed E-state index contributed by atoms with van der Waals surface area (Å²) in [6.07, 6.45) is 2.67. The Labute approximate surface area is 96.5 Å². The number of nitrogen functional groups attached to an aromatic ring is 1. The Bertz CT molecular complexity index is 585. The summed E-state index contributed by atoms with van der Waals surface area (Å²) in [5, 5.41) is 10.9. The lowest BCUT2D eigenvalue weighted by molar-refractivity contribution is -0.384. The summed E-state index contributed by atoms with van der Waals surface area (Å²) in [6, 6.07) is 3.34. The van der Waals surface area contributed by atoms with Gasteiger partial charge in [0.1, 0.15) is 6.20 Å². The maximum absolute atomic E-state index is 10.9. The summed E-state index contributed by atoms with van der Waals surface area (Å²) in [6.45, 7) is 1.79. The van der Waals surface area contributed by atoms with Crippen LogP contribution >= 0.6 is 0 Å². The Hall–Kier alpha value is -2.57. The Morgan fingerprint density at radius 2 is 2.18 bits per heavy atom. The van der Waals surface area contributed by atoms with Gasteiger partial charge in [-0.2, -0.15) is 0 Å². The van der Waals surface area contributed by atoms with Gasteiger partial charge in [0, 0.05) is 17.5 Å². The molecule has 7 nitrogen and oxygen atoms in total. The Morgan fingerprint density at radius 1 is 1.41 bits per heavy atom. The molecule has 0 aliphatic heterocycles. The first-order chi connectivity index (χ1) is 8.08. The minimum absolute atomic E-state index is 0.0000605. The van der Waals surface area contributed by atoms with Crippen molar-refractivity contribution in [3.05, 3.63) is 40.3 Å². The van der Waals surface area contributed by atoms with Crippen molar-refractivity contribution in [1.82, 2.24) is 15.0 Å². The van der Waals surface area contributed by atoms with Gasteiger partial charge in [0.2, 0.25) is 5.95 Å². The maximum Gasteiger partial charge on any atom is 0.313 e.